The quantitative estimate of drug-likeness (QED) is 0.829. The van der Waals surface area contributed by atoms with Gasteiger partial charge in [0.2, 0.25) is 0 Å². The molecular formula is C9H8BrClO5S. The number of carboxylic acids is 1. The number of aliphatic carboxylic acids is 1. The maximum atomic E-state index is 11.0. The van der Waals surface area contributed by atoms with Crippen molar-refractivity contribution in [3.63, 3.8) is 0 Å². The Morgan fingerprint density at radius 3 is 2.59 bits per heavy atom. The summed E-state index contributed by atoms with van der Waals surface area (Å²) in [6, 6.07) is 3.98. The van der Waals surface area contributed by atoms with E-state index in [0.29, 0.717) is 10.2 Å². The van der Waals surface area contributed by atoms with Crippen molar-refractivity contribution in [1.82, 2.24) is 0 Å². The topological polar surface area (TPSA) is 80.7 Å². The Balaban J connectivity index is 2.80. The van der Waals surface area contributed by atoms with E-state index in [1.165, 1.54) is 18.2 Å². The van der Waals surface area contributed by atoms with Crippen molar-refractivity contribution < 1.29 is 23.1 Å². The summed E-state index contributed by atoms with van der Waals surface area (Å²) < 4.78 is 27.6. The Morgan fingerprint density at radius 2 is 2.12 bits per heavy atom. The van der Waals surface area contributed by atoms with Gasteiger partial charge in [-0.2, -0.15) is 0 Å². The molecule has 0 bridgehead atoms. The van der Waals surface area contributed by atoms with Gasteiger partial charge in [-0.1, -0.05) is 0 Å². The van der Waals surface area contributed by atoms with Gasteiger partial charge in [0.05, 0.1) is 22.4 Å². The predicted octanol–water partition coefficient (Wildman–Crippen LogP) is 2.23. The van der Waals surface area contributed by atoms with E-state index in [4.69, 9.17) is 20.5 Å². The fourth-order valence-corrected chi connectivity index (χ4v) is 2.42. The summed E-state index contributed by atoms with van der Waals surface area (Å²) >= 11 is 3.11. The molecule has 1 rings (SSSR count). The van der Waals surface area contributed by atoms with Crippen molar-refractivity contribution in [2.75, 3.05) is 6.61 Å². The highest BCUT2D eigenvalue weighted by atomic mass is 79.9. The average molecular weight is 344 g/mol. The zero-order chi connectivity index (χ0) is 13.1. The molecule has 0 saturated carbocycles. The Kier molecular flexibility index (Phi) is 4.79. The van der Waals surface area contributed by atoms with Gasteiger partial charge in [-0.25, -0.2) is 8.42 Å². The molecule has 0 atom stereocenters. The Bertz CT molecular complexity index is 528. The van der Waals surface area contributed by atoms with Gasteiger partial charge in [0.1, 0.15) is 5.75 Å². The molecule has 8 heteroatoms. The van der Waals surface area contributed by atoms with Gasteiger partial charge in [0.15, 0.2) is 0 Å². The second-order valence-corrected chi connectivity index (χ2v) is 6.44. The van der Waals surface area contributed by atoms with Gasteiger partial charge in [-0.05, 0) is 34.1 Å². The number of ether oxygens (including phenoxy) is 1. The average Bonchev–Trinajstić information content (AvgIpc) is 2.18. The zero-order valence-electron chi connectivity index (χ0n) is 8.39. The summed E-state index contributed by atoms with van der Waals surface area (Å²) in [7, 11) is 1.38. The molecule has 1 aromatic carbocycles. The molecule has 0 spiro atoms. The van der Waals surface area contributed by atoms with E-state index in [0.717, 1.165) is 0 Å². The normalized spacial score (nSPS) is 11.2. The summed E-state index contributed by atoms with van der Waals surface area (Å²) in [5.41, 5.74) is 0. The molecule has 0 aliphatic heterocycles. The van der Waals surface area contributed by atoms with Gasteiger partial charge >= 0.3 is 5.97 Å². The van der Waals surface area contributed by atoms with Crippen LogP contribution in [0.1, 0.15) is 6.42 Å². The van der Waals surface area contributed by atoms with Crippen LogP contribution in [0.3, 0.4) is 0 Å². The Morgan fingerprint density at radius 1 is 1.47 bits per heavy atom. The van der Waals surface area contributed by atoms with Gasteiger partial charge in [0, 0.05) is 10.7 Å². The minimum atomic E-state index is -3.78. The fourth-order valence-electron chi connectivity index (χ4n) is 0.999. The van der Waals surface area contributed by atoms with Crippen molar-refractivity contribution >= 4 is 41.6 Å². The van der Waals surface area contributed by atoms with Crippen molar-refractivity contribution in [2.24, 2.45) is 0 Å². The molecule has 0 aromatic heterocycles. The van der Waals surface area contributed by atoms with Gasteiger partial charge in [0.25, 0.3) is 9.05 Å². The van der Waals surface area contributed by atoms with Crippen LogP contribution in [-0.4, -0.2) is 26.1 Å². The second-order valence-electron chi connectivity index (χ2n) is 3.02. The lowest BCUT2D eigenvalue weighted by Crippen LogP contribution is -2.05. The highest BCUT2D eigenvalue weighted by Gasteiger charge is 2.12. The van der Waals surface area contributed by atoms with E-state index >= 15 is 0 Å². The number of benzene rings is 1. The lowest BCUT2D eigenvalue weighted by molar-refractivity contribution is -0.137. The highest BCUT2D eigenvalue weighted by Crippen LogP contribution is 2.29. The maximum absolute atomic E-state index is 11.0. The SMILES string of the molecule is O=C(O)CCOc1ccc(S(=O)(=O)Cl)cc1Br. The molecule has 0 radical (unpaired) electrons. The number of rotatable bonds is 5. The molecule has 0 fully saturated rings. The summed E-state index contributed by atoms with van der Waals surface area (Å²) in [6.45, 7) is 0.000898. The first-order chi connectivity index (χ1) is 7.80. The molecule has 1 aromatic rings. The summed E-state index contributed by atoms with van der Waals surface area (Å²) in [5, 5.41) is 8.42. The first kappa shape index (κ1) is 14.3. The lowest BCUT2D eigenvalue weighted by atomic mass is 10.3. The molecule has 0 aliphatic rings. The molecule has 0 unspecified atom stereocenters. The zero-order valence-corrected chi connectivity index (χ0v) is 11.5. The van der Waals surface area contributed by atoms with Crippen LogP contribution >= 0.6 is 26.6 Å². The predicted molar refractivity (Wildman–Crippen MR) is 64.9 cm³/mol. The van der Waals surface area contributed by atoms with Crippen LogP contribution in [0.4, 0.5) is 0 Å². The Hall–Kier alpha value is -0.790. The summed E-state index contributed by atoms with van der Waals surface area (Å²) in [6.07, 6.45) is -0.137. The summed E-state index contributed by atoms with van der Waals surface area (Å²) in [5.74, 6) is -0.614. The van der Waals surface area contributed by atoms with Crippen LogP contribution in [0.25, 0.3) is 0 Å². The molecule has 1 N–H and O–H groups in total. The molecule has 94 valence electrons. The lowest BCUT2D eigenvalue weighted by Gasteiger charge is -2.07. The molecule has 0 amide bonds. The summed E-state index contributed by atoms with van der Waals surface area (Å²) in [4.78, 5) is 10.2. The van der Waals surface area contributed by atoms with Crippen LogP contribution in [0.5, 0.6) is 5.75 Å². The smallest absolute Gasteiger partial charge is 0.306 e. The van der Waals surface area contributed by atoms with Gasteiger partial charge < -0.3 is 9.84 Å². The largest absolute Gasteiger partial charge is 0.492 e. The van der Waals surface area contributed by atoms with E-state index in [-0.39, 0.29) is 17.9 Å². The molecule has 0 heterocycles. The van der Waals surface area contributed by atoms with E-state index in [1.54, 1.807) is 0 Å². The second kappa shape index (κ2) is 5.70. The number of hydrogen-bond acceptors (Lipinski definition) is 4. The van der Waals surface area contributed by atoms with E-state index in [9.17, 15) is 13.2 Å². The third-order valence-electron chi connectivity index (χ3n) is 1.76. The molecule has 0 saturated heterocycles. The maximum Gasteiger partial charge on any atom is 0.306 e. The number of carboxylic acid groups (broad SMARTS) is 1. The van der Waals surface area contributed by atoms with Crippen molar-refractivity contribution in [2.45, 2.75) is 11.3 Å². The van der Waals surface area contributed by atoms with Gasteiger partial charge in [-0.3, -0.25) is 4.79 Å². The molecule has 0 aliphatic carbocycles. The number of hydrogen-bond donors (Lipinski definition) is 1. The number of halogens is 2. The van der Waals surface area contributed by atoms with Crippen LogP contribution < -0.4 is 4.74 Å². The highest BCUT2D eigenvalue weighted by molar-refractivity contribution is 9.10. The fraction of sp³-hybridized carbons (Fsp3) is 0.222. The van der Waals surface area contributed by atoms with Crippen molar-refractivity contribution in [3.8, 4) is 5.75 Å². The third kappa shape index (κ3) is 4.53. The molecule has 5 nitrogen and oxygen atoms in total. The van der Waals surface area contributed by atoms with Crippen LogP contribution in [0.15, 0.2) is 27.6 Å². The minimum Gasteiger partial charge on any atom is -0.492 e. The van der Waals surface area contributed by atoms with Crippen LogP contribution in [-0.2, 0) is 13.8 Å². The number of carbonyl (C=O) groups is 1. The van der Waals surface area contributed by atoms with E-state index in [1.807, 2.05) is 0 Å². The van der Waals surface area contributed by atoms with E-state index in [2.05, 4.69) is 15.9 Å². The van der Waals surface area contributed by atoms with Gasteiger partial charge in [-0.15, -0.1) is 0 Å². The third-order valence-corrected chi connectivity index (χ3v) is 3.73. The van der Waals surface area contributed by atoms with Crippen molar-refractivity contribution in [1.29, 1.82) is 0 Å². The first-order valence-corrected chi connectivity index (χ1v) is 7.50. The monoisotopic (exact) mass is 342 g/mol. The molecule has 17 heavy (non-hydrogen) atoms. The molecular weight excluding hydrogens is 336 g/mol. The van der Waals surface area contributed by atoms with E-state index < -0.39 is 15.0 Å². The van der Waals surface area contributed by atoms with Crippen LogP contribution in [0.2, 0.25) is 0 Å². The Labute approximate surface area is 111 Å². The minimum absolute atomic E-state index is 0.000898. The van der Waals surface area contributed by atoms with Crippen molar-refractivity contribution in [3.05, 3.63) is 22.7 Å². The standard InChI is InChI=1S/C9H8BrClO5S/c10-7-5-6(17(11,14)15)1-2-8(7)16-4-3-9(12)13/h1-2,5H,3-4H2,(H,12,13). The first-order valence-electron chi connectivity index (χ1n) is 4.39. The van der Waals surface area contributed by atoms with Crippen LogP contribution in [0, 0.1) is 0 Å².